The number of carbonyl (C=O) groups is 2. The molecule has 32 heavy (non-hydrogen) atoms. The van der Waals surface area contributed by atoms with Crippen LogP contribution in [0.15, 0.2) is 48.2 Å². The third-order valence-corrected chi connectivity index (χ3v) is 6.54. The summed E-state index contributed by atoms with van der Waals surface area (Å²) < 4.78 is 0. The van der Waals surface area contributed by atoms with Crippen molar-refractivity contribution < 1.29 is 9.59 Å². The quantitative estimate of drug-likeness (QED) is 0.644. The van der Waals surface area contributed by atoms with Gasteiger partial charge in [0.25, 0.3) is 11.8 Å². The number of rotatable bonds is 6. The second kappa shape index (κ2) is 9.29. The first-order valence-corrected chi connectivity index (χ1v) is 11.6. The summed E-state index contributed by atoms with van der Waals surface area (Å²) in [4.78, 5) is 33.2. The zero-order valence-electron chi connectivity index (χ0n) is 19.6. The van der Waals surface area contributed by atoms with Crippen molar-refractivity contribution in [3.63, 3.8) is 0 Å². The van der Waals surface area contributed by atoms with E-state index in [9.17, 15) is 9.59 Å². The van der Waals surface area contributed by atoms with Crippen LogP contribution in [0.5, 0.6) is 0 Å². The molecule has 0 N–H and O–H groups in total. The van der Waals surface area contributed by atoms with Crippen LogP contribution in [-0.4, -0.2) is 54.8 Å². The van der Waals surface area contributed by atoms with Crippen molar-refractivity contribution in [3.05, 3.63) is 70.4 Å². The van der Waals surface area contributed by atoms with Crippen LogP contribution in [0.25, 0.3) is 5.57 Å². The first-order chi connectivity index (χ1) is 15.4. The Kier molecular flexibility index (Phi) is 6.47. The van der Waals surface area contributed by atoms with Crippen LogP contribution in [-0.2, 0) is 16.0 Å². The van der Waals surface area contributed by atoms with Gasteiger partial charge in [-0.3, -0.25) is 9.59 Å². The fourth-order valence-corrected chi connectivity index (χ4v) is 4.61. The van der Waals surface area contributed by atoms with Crippen LogP contribution < -0.4 is 4.90 Å². The van der Waals surface area contributed by atoms with Gasteiger partial charge in [-0.15, -0.1) is 0 Å². The van der Waals surface area contributed by atoms with E-state index in [0.717, 1.165) is 62.1 Å². The summed E-state index contributed by atoms with van der Waals surface area (Å²) in [7, 11) is 2.09. The standard InChI is InChI=1S/C27H33N3O2/c1-5-6-7-21-9-11-22(12-10-21)30-26(31)24(23-13-8-19(2)18-20(23)3)25(27(30)32)29-16-14-28(4)15-17-29/h8-13,18H,5-7,14-17H2,1-4H3. The number of benzene rings is 2. The zero-order valence-corrected chi connectivity index (χ0v) is 19.6. The molecule has 0 unspecified atom stereocenters. The highest BCUT2D eigenvalue weighted by Gasteiger charge is 2.43. The van der Waals surface area contributed by atoms with E-state index in [2.05, 4.69) is 29.8 Å². The highest BCUT2D eigenvalue weighted by molar-refractivity contribution is 6.45. The molecule has 2 heterocycles. The van der Waals surface area contributed by atoms with E-state index in [0.29, 0.717) is 17.0 Å². The molecule has 0 spiro atoms. The number of piperazine rings is 1. The minimum Gasteiger partial charge on any atom is -0.364 e. The molecular weight excluding hydrogens is 398 g/mol. The predicted molar refractivity (Wildman–Crippen MR) is 129 cm³/mol. The molecule has 4 rings (SSSR count). The molecule has 0 aliphatic carbocycles. The molecular formula is C27H33N3O2. The van der Waals surface area contributed by atoms with Crippen LogP contribution >= 0.6 is 0 Å². The Morgan fingerprint density at radius 3 is 2.19 bits per heavy atom. The molecule has 168 valence electrons. The van der Waals surface area contributed by atoms with Crippen LogP contribution in [0.1, 0.15) is 42.0 Å². The maximum Gasteiger partial charge on any atom is 0.282 e. The summed E-state index contributed by atoms with van der Waals surface area (Å²) in [5, 5.41) is 0. The summed E-state index contributed by atoms with van der Waals surface area (Å²) in [6.45, 7) is 9.46. The Morgan fingerprint density at radius 2 is 1.56 bits per heavy atom. The van der Waals surface area contributed by atoms with Gasteiger partial charge in [-0.2, -0.15) is 0 Å². The molecule has 0 saturated carbocycles. The van der Waals surface area contributed by atoms with E-state index in [-0.39, 0.29) is 11.8 Å². The average molecular weight is 432 g/mol. The minimum absolute atomic E-state index is 0.212. The number of carbonyl (C=O) groups excluding carboxylic acids is 2. The molecule has 5 nitrogen and oxygen atoms in total. The Hall–Kier alpha value is -2.92. The molecule has 2 aliphatic heterocycles. The van der Waals surface area contributed by atoms with Gasteiger partial charge in [0.05, 0.1) is 11.3 Å². The molecule has 0 atom stereocenters. The maximum absolute atomic E-state index is 13.7. The summed E-state index contributed by atoms with van der Waals surface area (Å²) in [6.07, 6.45) is 3.28. The number of likely N-dealkylation sites (N-methyl/N-ethyl adjacent to an activating group) is 1. The van der Waals surface area contributed by atoms with E-state index in [1.807, 2.05) is 50.2 Å². The van der Waals surface area contributed by atoms with Crippen molar-refractivity contribution in [2.45, 2.75) is 40.0 Å². The van der Waals surface area contributed by atoms with Crippen molar-refractivity contribution in [3.8, 4) is 0 Å². The maximum atomic E-state index is 13.7. The van der Waals surface area contributed by atoms with E-state index in [1.54, 1.807) is 0 Å². The molecule has 5 heteroatoms. The van der Waals surface area contributed by atoms with E-state index in [4.69, 9.17) is 0 Å². The molecule has 2 aliphatic rings. The van der Waals surface area contributed by atoms with Gasteiger partial charge in [0.2, 0.25) is 0 Å². The van der Waals surface area contributed by atoms with Gasteiger partial charge in [0.15, 0.2) is 0 Å². The fraction of sp³-hybridized carbons (Fsp3) is 0.407. The normalized spacial score (nSPS) is 17.6. The molecule has 0 radical (unpaired) electrons. The van der Waals surface area contributed by atoms with E-state index in [1.165, 1.54) is 10.5 Å². The Labute approximate surface area is 191 Å². The Morgan fingerprint density at radius 1 is 0.875 bits per heavy atom. The monoisotopic (exact) mass is 431 g/mol. The van der Waals surface area contributed by atoms with Gasteiger partial charge >= 0.3 is 0 Å². The first kappa shape index (κ1) is 22.3. The molecule has 2 aromatic rings. The van der Waals surface area contributed by atoms with Gasteiger partial charge in [0, 0.05) is 26.2 Å². The third-order valence-electron chi connectivity index (χ3n) is 6.54. The van der Waals surface area contributed by atoms with E-state index < -0.39 is 0 Å². The summed E-state index contributed by atoms with van der Waals surface area (Å²) in [6, 6.07) is 14.0. The van der Waals surface area contributed by atoms with Crippen LogP contribution in [0.4, 0.5) is 5.69 Å². The number of hydrogen-bond acceptors (Lipinski definition) is 4. The smallest absolute Gasteiger partial charge is 0.282 e. The molecule has 2 amide bonds. The van der Waals surface area contributed by atoms with Crippen molar-refractivity contribution in [2.24, 2.45) is 0 Å². The van der Waals surface area contributed by atoms with Gasteiger partial charge in [0.1, 0.15) is 5.70 Å². The third kappa shape index (κ3) is 4.22. The van der Waals surface area contributed by atoms with Crippen LogP contribution in [0.3, 0.4) is 0 Å². The largest absolute Gasteiger partial charge is 0.364 e. The lowest BCUT2D eigenvalue weighted by Crippen LogP contribution is -2.46. The Balaban J connectivity index is 1.74. The average Bonchev–Trinajstić information content (AvgIpc) is 3.03. The number of amides is 2. The number of anilines is 1. The lowest BCUT2D eigenvalue weighted by Gasteiger charge is -2.34. The topological polar surface area (TPSA) is 43.9 Å². The molecule has 0 aromatic heterocycles. The molecule has 0 bridgehead atoms. The highest BCUT2D eigenvalue weighted by Crippen LogP contribution is 2.36. The van der Waals surface area contributed by atoms with Gasteiger partial charge in [-0.1, -0.05) is 49.2 Å². The Bertz CT molecular complexity index is 1050. The summed E-state index contributed by atoms with van der Waals surface area (Å²) in [5.74, 6) is -0.437. The van der Waals surface area contributed by atoms with E-state index >= 15 is 0 Å². The molecule has 1 saturated heterocycles. The number of unbranched alkanes of at least 4 members (excludes halogenated alkanes) is 1. The van der Waals surface area contributed by atoms with Gasteiger partial charge < -0.3 is 9.80 Å². The SMILES string of the molecule is CCCCc1ccc(N2C(=O)C(c3ccc(C)cc3C)=C(N3CCN(C)CC3)C2=O)cc1. The number of imide groups is 1. The second-order valence-electron chi connectivity index (χ2n) is 9.05. The van der Waals surface area contributed by atoms with Crippen molar-refractivity contribution in [2.75, 3.05) is 38.1 Å². The summed E-state index contributed by atoms with van der Waals surface area (Å²) in [5.41, 5.74) is 5.97. The predicted octanol–water partition coefficient (Wildman–Crippen LogP) is 4.18. The minimum atomic E-state index is -0.225. The highest BCUT2D eigenvalue weighted by atomic mass is 16.2. The fourth-order valence-electron chi connectivity index (χ4n) is 4.61. The van der Waals surface area contributed by atoms with Crippen molar-refractivity contribution in [1.29, 1.82) is 0 Å². The van der Waals surface area contributed by atoms with Gasteiger partial charge in [-0.25, -0.2) is 4.90 Å². The van der Waals surface area contributed by atoms with Crippen molar-refractivity contribution >= 4 is 23.1 Å². The zero-order chi connectivity index (χ0) is 22.8. The van der Waals surface area contributed by atoms with Crippen LogP contribution in [0.2, 0.25) is 0 Å². The number of aryl methyl sites for hydroxylation is 3. The lowest BCUT2D eigenvalue weighted by molar-refractivity contribution is -0.120. The summed E-state index contributed by atoms with van der Waals surface area (Å²) >= 11 is 0. The first-order valence-electron chi connectivity index (χ1n) is 11.6. The van der Waals surface area contributed by atoms with Gasteiger partial charge in [-0.05, 0) is 62.6 Å². The molecule has 1 fully saturated rings. The number of nitrogens with zero attached hydrogens (tertiary/aromatic N) is 3. The lowest BCUT2D eigenvalue weighted by atomic mass is 9.97. The van der Waals surface area contributed by atoms with Crippen LogP contribution in [0, 0.1) is 13.8 Å². The molecule has 2 aromatic carbocycles. The second-order valence-corrected chi connectivity index (χ2v) is 9.05. The van der Waals surface area contributed by atoms with Crippen molar-refractivity contribution in [1.82, 2.24) is 9.80 Å². The number of hydrogen-bond donors (Lipinski definition) is 0.